The Labute approximate surface area is 90.2 Å². The predicted molar refractivity (Wildman–Crippen MR) is 60.0 cm³/mol. The van der Waals surface area contributed by atoms with Crippen molar-refractivity contribution in [3.63, 3.8) is 0 Å². The van der Waals surface area contributed by atoms with Crippen LogP contribution in [0.5, 0.6) is 0 Å². The highest BCUT2D eigenvalue weighted by molar-refractivity contribution is 5.93. The van der Waals surface area contributed by atoms with E-state index in [9.17, 15) is 0 Å². The van der Waals surface area contributed by atoms with Gasteiger partial charge in [0.15, 0.2) is 0 Å². The fraction of sp³-hybridized carbons (Fsp3) is 0.500. The van der Waals surface area contributed by atoms with E-state index in [1.165, 1.54) is 0 Å². The third kappa shape index (κ3) is 2.17. The second-order valence-corrected chi connectivity index (χ2v) is 3.91. The Balaban J connectivity index is 2.13. The zero-order valence-electron chi connectivity index (χ0n) is 9.18. The van der Waals surface area contributed by atoms with E-state index >= 15 is 0 Å². The molecule has 0 saturated heterocycles. The fourth-order valence-electron chi connectivity index (χ4n) is 1.58. The first kappa shape index (κ1) is 10.1. The van der Waals surface area contributed by atoms with Crippen LogP contribution in [0.2, 0.25) is 0 Å². The third-order valence-corrected chi connectivity index (χ3v) is 2.86. The van der Waals surface area contributed by atoms with Gasteiger partial charge in [0.1, 0.15) is 12.3 Å². The van der Waals surface area contributed by atoms with Crippen molar-refractivity contribution in [2.75, 3.05) is 6.61 Å². The second-order valence-electron chi connectivity index (χ2n) is 3.91. The van der Waals surface area contributed by atoms with Crippen LogP contribution < -0.4 is 0 Å². The van der Waals surface area contributed by atoms with Crippen molar-refractivity contribution in [3.05, 3.63) is 30.1 Å². The van der Waals surface area contributed by atoms with Gasteiger partial charge in [0, 0.05) is 6.20 Å². The summed E-state index contributed by atoms with van der Waals surface area (Å²) in [6.07, 6.45) is 2.89. The molecule has 2 atom stereocenters. The lowest BCUT2D eigenvalue weighted by Gasteiger charge is -2.11. The van der Waals surface area contributed by atoms with Gasteiger partial charge in [-0.3, -0.25) is 4.98 Å². The molecule has 0 spiro atoms. The predicted octanol–water partition coefficient (Wildman–Crippen LogP) is 2.27. The van der Waals surface area contributed by atoms with Crippen LogP contribution in [0.15, 0.2) is 29.4 Å². The molecule has 0 aromatic carbocycles. The summed E-state index contributed by atoms with van der Waals surface area (Å²) in [4.78, 5) is 8.79. The maximum Gasteiger partial charge on any atom is 0.235 e. The minimum absolute atomic E-state index is 0.298. The standard InChI is InChI=1S/C12H16N2O/c1-3-9(2)11-8-15-12(14-11)10-6-4-5-7-13-10/h4-7,9,11H,3,8H2,1-2H3/t9-,11+/m0/s1. The summed E-state index contributed by atoms with van der Waals surface area (Å²) >= 11 is 0. The van der Waals surface area contributed by atoms with Gasteiger partial charge in [-0.15, -0.1) is 0 Å². The molecule has 0 saturated carbocycles. The molecule has 1 aromatic heterocycles. The van der Waals surface area contributed by atoms with Crippen LogP contribution in [0.25, 0.3) is 0 Å². The van der Waals surface area contributed by atoms with Gasteiger partial charge < -0.3 is 4.74 Å². The Hall–Kier alpha value is -1.38. The molecule has 15 heavy (non-hydrogen) atoms. The summed E-state index contributed by atoms with van der Waals surface area (Å²) < 4.78 is 5.56. The number of ether oxygens (including phenoxy) is 1. The second kappa shape index (κ2) is 4.43. The Kier molecular flexibility index (Phi) is 2.99. The number of nitrogens with zero attached hydrogens (tertiary/aromatic N) is 2. The van der Waals surface area contributed by atoms with E-state index in [1.54, 1.807) is 6.20 Å². The molecule has 2 rings (SSSR count). The normalized spacial score (nSPS) is 22.0. The summed E-state index contributed by atoms with van der Waals surface area (Å²) in [7, 11) is 0. The van der Waals surface area contributed by atoms with Crippen LogP contribution in [0.4, 0.5) is 0 Å². The van der Waals surface area contributed by atoms with E-state index in [2.05, 4.69) is 23.8 Å². The quantitative estimate of drug-likeness (QED) is 0.757. The number of rotatable bonds is 3. The molecule has 0 radical (unpaired) electrons. The summed E-state index contributed by atoms with van der Waals surface area (Å²) in [5, 5.41) is 0. The van der Waals surface area contributed by atoms with Gasteiger partial charge in [-0.2, -0.15) is 0 Å². The SMILES string of the molecule is CC[C@H](C)[C@H]1COC(c2ccccn2)=N1. The first-order valence-corrected chi connectivity index (χ1v) is 5.43. The van der Waals surface area contributed by atoms with Crippen LogP contribution >= 0.6 is 0 Å². The number of pyridine rings is 1. The highest BCUT2D eigenvalue weighted by atomic mass is 16.5. The molecule has 0 aliphatic carbocycles. The fourth-order valence-corrected chi connectivity index (χ4v) is 1.58. The van der Waals surface area contributed by atoms with E-state index in [-0.39, 0.29) is 0 Å². The average Bonchev–Trinajstić information content (AvgIpc) is 2.78. The first-order valence-electron chi connectivity index (χ1n) is 5.43. The molecule has 1 aliphatic rings. The molecule has 80 valence electrons. The molecule has 0 N–H and O–H groups in total. The van der Waals surface area contributed by atoms with Crippen molar-refractivity contribution in [3.8, 4) is 0 Å². The van der Waals surface area contributed by atoms with Crippen LogP contribution in [0, 0.1) is 5.92 Å². The van der Waals surface area contributed by atoms with Gasteiger partial charge in [0.25, 0.3) is 0 Å². The Bertz CT molecular complexity index is 348. The van der Waals surface area contributed by atoms with E-state index in [0.717, 1.165) is 12.1 Å². The summed E-state index contributed by atoms with van der Waals surface area (Å²) in [5.74, 6) is 1.27. The molecule has 1 aliphatic heterocycles. The molecule has 0 bridgehead atoms. The Morgan fingerprint density at radius 3 is 3.07 bits per heavy atom. The molecule has 0 amide bonds. The zero-order valence-corrected chi connectivity index (χ0v) is 9.18. The average molecular weight is 204 g/mol. The van der Waals surface area contributed by atoms with E-state index in [0.29, 0.717) is 24.5 Å². The van der Waals surface area contributed by atoms with Crippen molar-refractivity contribution in [2.24, 2.45) is 10.9 Å². The minimum atomic E-state index is 0.298. The molecular formula is C12H16N2O. The largest absolute Gasteiger partial charge is 0.474 e. The zero-order chi connectivity index (χ0) is 10.7. The van der Waals surface area contributed by atoms with Crippen molar-refractivity contribution in [1.82, 2.24) is 4.98 Å². The summed E-state index contributed by atoms with van der Waals surface area (Å²) in [6, 6.07) is 6.07. The van der Waals surface area contributed by atoms with Crippen molar-refractivity contribution in [1.29, 1.82) is 0 Å². The third-order valence-electron chi connectivity index (χ3n) is 2.86. The van der Waals surface area contributed by atoms with Crippen molar-refractivity contribution >= 4 is 5.90 Å². The van der Waals surface area contributed by atoms with Crippen molar-refractivity contribution < 1.29 is 4.74 Å². The van der Waals surface area contributed by atoms with E-state index in [4.69, 9.17) is 4.74 Å². The summed E-state index contributed by atoms with van der Waals surface area (Å²) in [6.45, 7) is 5.08. The topological polar surface area (TPSA) is 34.5 Å². The van der Waals surface area contributed by atoms with Crippen LogP contribution in [-0.4, -0.2) is 23.5 Å². The smallest absolute Gasteiger partial charge is 0.235 e. The van der Waals surface area contributed by atoms with E-state index < -0.39 is 0 Å². The molecular weight excluding hydrogens is 188 g/mol. The van der Waals surface area contributed by atoms with Gasteiger partial charge in [0.05, 0.1) is 6.04 Å². The number of aliphatic imine (C=N–C) groups is 1. The number of hydrogen-bond acceptors (Lipinski definition) is 3. The molecule has 1 aromatic rings. The van der Waals surface area contributed by atoms with Gasteiger partial charge in [-0.25, -0.2) is 4.99 Å². The maximum atomic E-state index is 5.56. The molecule has 3 nitrogen and oxygen atoms in total. The molecule has 2 heterocycles. The maximum absolute atomic E-state index is 5.56. The van der Waals surface area contributed by atoms with Gasteiger partial charge in [-0.1, -0.05) is 26.3 Å². The lowest BCUT2D eigenvalue weighted by atomic mass is 10.0. The summed E-state index contributed by atoms with van der Waals surface area (Å²) in [5.41, 5.74) is 0.836. The lowest BCUT2D eigenvalue weighted by Crippen LogP contribution is -2.16. The molecule has 0 fully saturated rings. The van der Waals surface area contributed by atoms with E-state index in [1.807, 2.05) is 18.2 Å². The van der Waals surface area contributed by atoms with Gasteiger partial charge >= 0.3 is 0 Å². The molecule has 0 unspecified atom stereocenters. The highest BCUT2D eigenvalue weighted by Crippen LogP contribution is 2.18. The molecule has 3 heteroatoms. The van der Waals surface area contributed by atoms with Crippen LogP contribution in [0.1, 0.15) is 26.0 Å². The minimum Gasteiger partial charge on any atom is -0.474 e. The first-order chi connectivity index (χ1) is 7.31. The van der Waals surface area contributed by atoms with Crippen LogP contribution in [-0.2, 0) is 4.74 Å². The van der Waals surface area contributed by atoms with Gasteiger partial charge in [-0.05, 0) is 18.1 Å². The van der Waals surface area contributed by atoms with Crippen molar-refractivity contribution in [2.45, 2.75) is 26.3 Å². The lowest BCUT2D eigenvalue weighted by molar-refractivity contribution is 0.282. The van der Waals surface area contributed by atoms with Crippen LogP contribution in [0.3, 0.4) is 0 Å². The van der Waals surface area contributed by atoms with Gasteiger partial charge in [0.2, 0.25) is 5.90 Å². The monoisotopic (exact) mass is 204 g/mol. The number of aromatic nitrogens is 1. The number of hydrogen-bond donors (Lipinski definition) is 0. The Morgan fingerprint density at radius 1 is 1.53 bits per heavy atom. The highest BCUT2D eigenvalue weighted by Gasteiger charge is 2.24. The Morgan fingerprint density at radius 2 is 2.40 bits per heavy atom.